The highest BCUT2D eigenvalue weighted by Gasteiger charge is 2.84. The molecule has 1 aromatic heterocycles. The zero-order chi connectivity index (χ0) is 19.4. The van der Waals surface area contributed by atoms with Gasteiger partial charge in [0.05, 0.1) is 10.9 Å². The van der Waals surface area contributed by atoms with E-state index in [1.165, 1.54) is 0 Å². The van der Waals surface area contributed by atoms with Crippen LogP contribution in [0.15, 0.2) is 39.5 Å². The van der Waals surface area contributed by atoms with Crippen molar-refractivity contribution in [3.05, 3.63) is 46.1 Å². The Morgan fingerprint density at radius 1 is 1.00 bits per heavy atom. The number of fused-ring (bicyclic) bond motifs is 3. The summed E-state index contributed by atoms with van der Waals surface area (Å²) in [7, 11) is 0. The summed E-state index contributed by atoms with van der Waals surface area (Å²) in [6.45, 7) is 0.973. The zero-order valence-corrected chi connectivity index (χ0v) is 14.6. The fourth-order valence-electron chi connectivity index (χ4n) is 5.30. The van der Waals surface area contributed by atoms with Crippen molar-refractivity contribution < 1.29 is 24.8 Å². The summed E-state index contributed by atoms with van der Waals surface area (Å²) >= 11 is 0. The highest BCUT2D eigenvalue weighted by molar-refractivity contribution is 5.84. The smallest absolute Gasteiger partial charge is 0.235 e. The molecule has 7 nitrogen and oxygen atoms in total. The normalized spacial score (nSPS) is 29.5. The first-order chi connectivity index (χ1) is 13.4. The first-order valence-corrected chi connectivity index (χ1v) is 9.22. The third kappa shape index (κ3) is 1.75. The lowest BCUT2D eigenvalue weighted by atomic mass is 9.78. The summed E-state index contributed by atoms with van der Waals surface area (Å²) in [6.07, 6.45) is 1.05. The standard InChI is InChI=1S/C21H17NO6/c23-11-7-13(25)12(24)6-10(11)20-19(27)18(26)9-2-1-8(5-14(9)28-20)21-3-4-22-17-15(21)16(17)21/h1-2,5-7,15-17,22-25,27H,3-4H2. The van der Waals surface area contributed by atoms with E-state index in [0.717, 1.165) is 30.7 Å². The molecule has 2 aliphatic carbocycles. The quantitative estimate of drug-likeness (QED) is 0.341. The average Bonchev–Trinajstić information content (AvgIpc) is 3.59. The van der Waals surface area contributed by atoms with Crippen molar-refractivity contribution in [2.45, 2.75) is 17.9 Å². The van der Waals surface area contributed by atoms with E-state index in [0.29, 0.717) is 23.5 Å². The summed E-state index contributed by atoms with van der Waals surface area (Å²) in [6, 6.07) is 8.06. The summed E-state index contributed by atoms with van der Waals surface area (Å²) < 4.78 is 5.82. The molecule has 0 radical (unpaired) electrons. The molecular formula is C21H17NO6. The third-order valence-corrected chi connectivity index (χ3v) is 6.76. The van der Waals surface area contributed by atoms with E-state index in [2.05, 4.69) is 5.32 Å². The number of rotatable bonds is 2. The molecule has 6 rings (SSSR count). The molecule has 0 bridgehead atoms. The van der Waals surface area contributed by atoms with E-state index in [-0.39, 0.29) is 22.1 Å². The lowest BCUT2D eigenvalue weighted by Gasteiger charge is -2.33. The lowest BCUT2D eigenvalue weighted by Crippen LogP contribution is -2.43. The molecule has 1 saturated heterocycles. The molecule has 1 aliphatic heterocycles. The second-order valence-corrected chi connectivity index (χ2v) is 8.00. The van der Waals surface area contributed by atoms with Crippen molar-refractivity contribution in [3.8, 4) is 34.3 Å². The number of aromatic hydroxyl groups is 4. The highest BCUT2D eigenvalue weighted by atomic mass is 16.4. The number of phenols is 3. The van der Waals surface area contributed by atoms with Crippen molar-refractivity contribution in [1.29, 1.82) is 0 Å². The molecule has 0 amide bonds. The minimum atomic E-state index is -0.657. The number of piperidine rings is 2. The maximum absolute atomic E-state index is 12.7. The van der Waals surface area contributed by atoms with Crippen molar-refractivity contribution in [1.82, 2.24) is 5.32 Å². The Labute approximate surface area is 158 Å². The Morgan fingerprint density at radius 2 is 1.75 bits per heavy atom. The molecule has 0 spiro atoms. The minimum absolute atomic E-state index is 0.0773. The Morgan fingerprint density at radius 3 is 2.50 bits per heavy atom. The average molecular weight is 379 g/mol. The summed E-state index contributed by atoms with van der Waals surface area (Å²) in [5.74, 6) is -1.04. The van der Waals surface area contributed by atoms with E-state index >= 15 is 0 Å². The summed E-state index contributed by atoms with van der Waals surface area (Å²) in [4.78, 5) is 12.7. The van der Waals surface area contributed by atoms with Crippen molar-refractivity contribution in [3.63, 3.8) is 0 Å². The molecule has 2 unspecified atom stereocenters. The van der Waals surface area contributed by atoms with E-state index in [1.807, 2.05) is 12.1 Å². The van der Waals surface area contributed by atoms with Gasteiger partial charge >= 0.3 is 0 Å². The fraction of sp³-hybridized carbons (Fsp3) is 0.286. The largest absolute Gasteiger partial charge is 0.507 e. The Balaban J connectivity index is 1.54. The molecule has 28 heavy (non-hydrogen) atoms. The van der Waals surface area contributed by atoms with Crippen LogP contribution < -0.4 is 10.7 Å². The predicted octanol–water partition coefficient (Wildman–Crippen LogP) is 2.14. The molecule has 3 aromatic rings. The van der Waals surface area contributed by atoms with Crippen molar-refractivity contribution in [2.75, 3.05) is 6.54 Å². The molecule has 2 saturated carbocycles. The van der Waals surface area contributed by atoms with Crippen LogP contribution in [-0.4, -0.2) is 33.0 Å². The van der Waals surface area contributed by atoms with Gasteiger partial charge < -0.3 is 30.2 Å². The zero-order valence-electron chi connectivity index (χ0n) is 14.6. The summed E-state index contributed by atoms with van der Waals surface area (Å²) in [5.41, 5.74) is 0.922. The van der Waals surface area contributed by atoms with Crippen LogP contribution in [0.4, 0.5) is 0 Å². The first kappa shape index (κ1) is 15.8. The number of nitrogens with one attached hydrogen (secondary N) is 1. The van der Waals surface area contributed by atoms with Gasteiger partial charge in [-0.1, -0.05) is 6.07 Å². The van der Waals surface area contributed by atoms with E-state index < -0.39 is 28.4 Å². The summed E-state index contributed by atoms with van der Waals surface area (Å²) in [5, 5.41) is 43.5. The maximum Gasteiger partial charge on any atom is 0.235 e. The Bertz CT molecular complexity index is 1240. The van der Waals surface area contributed by atoms with Gasteiger partial charge in [0.2, 0.25) is 11.2 Å². The predicted molar refractivity (Wildman–Crippen MR) is 99.6 cm³/mol. The van der Waals surface area contributed by atoms with E-state index in [9.17, 15) is 25.2 Å². The molecule has 3 aliphatic rings. The van der Waals surface area contributed by atoms with Crippen LogP contribution in [0, 0.1) is 11.8 Å². The van der Waals surface area contributed by atoms with Gasteiger partial charge in [-0.15, -0.1) is 0 Å². The van der Waals surface area contributed by atoms with Crippen molar-refractivity contribution in [2.24, 2.45) is 11.8 Å². The van der Waals surface area contributed by atoms with Gasteiger partial charge in [-0.2, -0.15) is 0 Å². The molecule has 2 atom stereocenters. The van der Waals surface area contributed by atoms with Gasteiger partial charge in [0.1, 0.15) is 11.3 Å². The van der Waals surface area contributed by atoms with Crippen molar-refractivity contribution >= 4 is 11.0 Å². The van der Waals surface area contributed by atoms with Crippen LogP contribution in [-0.2, 0) is 5.41 Å². The molecule has 142 valence electrons. The SMILES string of the molecule is O=c1c(O)c(-c2cc(O)c(O)cc2O)oc2cc(C34CCNC5C3C54)ccc12. The van der Waals surface area contributed by atoms with Gasteiger partial charge in [-0.25, -0.2) is 0 Å². The molecule has 5 N–H and O–H groups in total. The second-order valence-electron chi connectivity index (χ2n) is 8.00. The van der Waals surface area contributed by atoms with Crippen LogP contribution in [0.1, 0.15) is 12.0 Å². The Hall–Kier alpha value is -3.19. The van der Waals surface area contributed by atoms with Crippen LogP contribution >= 0.6 is 0 Å². The van der Waals surface area contributed by atoms with Gasteiger partial charge in [0.25, 0.3) is 0 Å². The second kappa shape index (κ2) is 4.80. The number of hydrogen-bond donors (Lipinski definition) is 5. The van der Waals surface area contributed by atoms with Gasteiger partial charge in [-0.3, -0.25) is 4.79 Å². The molecule has 7 heteroatoms. The molecule has 2 heterocycles. The topological polar surface area (TPSA) is 123 Å². The number of phenolic OH excluding ortho intramolecular Hbond substituents is 3. The molecular weight excluding hydrogens is 362 g/mol. The van der Waals surface area contributed by atoms with E-state index in [1.54, 1.807) is 6.07 Å². The lowest BCUT2D eigenvalue weighted by molar-refractivity contribution is 0.319. The number of hydrogen-bond acceptors (Lipinski definition) is 7. The van der Waals surface area contributed by atoms with Gasteiger partial charge in [0, 0.05) is 17.5 Å². The Kier molecular flexibility index (Phi) is 2.71. The maximum atomic E-state index is 12.7. The van der Waals surface area contributed by atoms with Crippen LogP contribution in [0.2, 0.25) is 0 Å². The third-order valence-electron chi connectivity index (χ3n) is 6.76. The van der Waals surface area contributed by atoms with Crippen LogP contribution in [0.3, 0.4) is 0 Å². The minimum Gasteiger partial charge on any atom is -0.507 e. The van der Waals surface area contributed by atoms with E-state index in [4.69, 9.17) is 4.42 Å². The van der Waals surface area contributed by atoms with Gasteiger partial charge in [-0.05, 0) is 48.6 Å². The van der Waals surface area contributed by atoms with Crippen LogP contribution in [0.25, 0.3) is 22.3 Å². The van der Waals surface area contributed by atoms with Gasteiger partial charge in [0.15, 0.2) is 17.3 Å². The molecule has 2 aromatic carbocycles. The number of benzene rings is 2. The first-order valence-electron chi connectivity index (χ1n) is 9.22. The molecule has 3 fully saturated rings. The fourth-order valence-corrected chi connectivity index (χ4v) is 5.30. The highest BCUT2D eigenvalue weighted by Crippen LogP contribution is 2.80. The monoisotopic (exact) mass is 379 g/mol. The van der Waals surface area contributed by atoms with Crippen LogP contribution in [0.5, 0.6) is 23.0 Å².